The highest BCUT2D eigenvalue weighted by molar-refractivity contribution is 7.09. The molecule has 176 valence electrons. The zero-order valence-corrected chi connectivity index (χ0v) is 23.3. The predicted molar refractivity (Wildman–Crippen MR) is 142 cm³/mol. The van der Waals surface area contributed by atoms with E-state index in [2.05, 4.69) is 106 Å². The summed E-state index contributed by atoms with van der Waals surface area (Å²) in [5.74, 6) is 0. The Kier molecular flexibility index (Phi) is 7.10. The molecule has 0 unspecified atom stereocenters. The highest BCUT2D eigenvalue weighted by Gasteiger charge is 2.54. The summed E-state index contributed by atoms with van der Waals surface area (Å²) in [5.41, 5.74) is 0. The van der Waals surface area contributed by atoms with E-state index in [1.165, 1.54) is 10.4 Å². The van der Waals surface area contributed by atoms with Crippen LogP contribution in [0.4, 0.5) is 0 Å². The van der Waals surface area contributed by atoms with E-state index >= 15 is 0 Å². The van der Waals surface area contributed by atoms with E-state index in [1.54, 1.807) is 11.3 Å². The van der Waals surface area contributed by atoms with Crippen LogP contribution in [0.15, 0.2) is 72.2 Å². The van der Waals surface area contributed by atoms with Gasteiger partial charge in [0.1, 0.15) is 23.3 Å². The first kappa shape index (κ1) is 24.5. The van der Waals surface area contributed by atoms with E-state index < -0.39 is 16.6 Å². The Labute approximate surface area is 204 Å². The van der Waals surface area contributed by atoms with Crippen LogP contribution < -0.4 is 10.4 Å². The fourth-order valence-corrected chi connectivity index (χ4v) is 10.9. The van der Waals surface area contributed by atoms with Gasteiger partial charge in [0, 0.05) is 11.6 Å². The van der Waals surface area contributed by atoms with Crippen LogP contribution in [0, 0.1) is 0 Å². The van der Waals surface area contributed by atoms with Crippen LogP contribution in [-0.4, -0.2) is 40.4 Å². The zero-order chi connectivity index (χ0) is 23.7. The van der Waals surface area contributed by atoms with Gasteiger partial charge >= 0.3 is 0 Å². The summed E-state index contributed by atoms with van der Waals surface area (Å²) in [6.45, 7) is 14.1. The normalized spacial score (nSPS) is 19.9. The third-order valence-electron chi connectivity index (χ3n) is 5.98. The molecule has 4 nitrogen and oxygen atoms in total. The summed E-state index contributed by atoms with van der Waals surface area (Å²) in [6, 6.07) is 21.5. The monoisotopic (exact) mass is 497 g/mol. The number of epoxide rings is 1. The third-order valence-corrected chi connectivity index (χ3v) is 12.8. The van der Waals surface area contributed by atoms with E-state index in [0.717, 1.165) is 5.01 Å². The summed E-state index contributed by atoms with van der Waals surface area (Å²) < 4.78 is 19.8. The standard InChI is InChI=1S/C26H35NO3SSi2/c1-26(2,3)33(20-13-9-7-10-14-20,21-15-11-8-12-16-21)28-19-22-23(29-22)24(30-32(4,5)6)25-27-17-18-31-25/h7-18,22-24H,19H2,1-6H3/t22-,23-,24-/m0/s1. The summed E-state index contributed by atoms with van der Waals surface area (Å²) in [7, 11) is -4.34. The Morgan fingerprint density at radius 2 is 1.55 bits per heavy atom. The van der Waals surface area contributed by atoms with E-state index in [0.29, 0.717) is 6.61 Å². The Morgan fingerprint density at radius 3 is 2.00 bits per heavy atom. The number of thiazole rings is 1. The van der Waals surface area contributed by atoms with Crippen LogP contribution in [0.3, 0.4) is 0 Å². The summed E-state index contributed by atoms with van der Waals surface area (Å²) in [6.07, 6.45) is 1.72. The molecule has 1 aliphatic rings. The second-order valence-electron chi connectivity index (χ2n) is 10.6. The van der Waals surface area contributed by atoms with Gasteiger partial charge in [-0.25, -0.2) is 4.98 Å². The number of nitrogens with zero attached hydrogens (tertiary/aromatic N) is 1. The molecule has 3 atom stereocenters. The Balaban J connectivity index is 1.61. The third kappa shape index (κ3) is 5.39. The van der Waals surface area contributed by atoms with Gasteiger partial charge in [0.05, 0.1) is 6.61 Å². The number of ether oxygens (including phenoxy) is 1. The zero-order valence-electron chi connectivity index (χ0n) is 20.4. The molecule has 0 bridgehead atoms. The maximum absolute atomic E-state index is 7.07. The Bertz CT molecular complexity index is 978. The van der Waals surface area contributed by atoms with Crippen molar-refractivity contribution in [3.05, 3.63) is 77.2 Å². The minimum Gasteiger partial charge on any atom is -0.405 e. The first-order chi connectivity index (χ1) is 15.6. The lowest BCUT2D eigenvalue weighted by Gasteiger charge is -2.43. The number of rotatable bonds is 9. The SMILES string of the molecule is CC(C)(C)[Si](OC[C@@H]1O[C@@H]1[C@H](O[Si](C)(C)C)c1nccs1)(c1ccccc1)c1ccccc1. The van der Waals surface area contributed by atoms with Crippen molar-refractivity contribution >= 4 is 38.3 Å². The molecule has 33 heavy (non-hydrogen) atoms. The summed E-state index contributed by atoms with van der Waals surface area (Å²) in [4.78, 5) is 4.54. The fourth-order valence-electron chi connectivity index (χ4n) is 4.54. The molecule has 2 aromatic carbocycles. The molecule has 0 saturated carbocycles. The molecule has 1 saturated heterocycles. The molecule has 0 amide bonds. The molecule has 4 rings (SSSR count). The van der Waals surface area contributed by atoms with Crippen LogP contribution in [0.1, 0.15) is 31.9 Å². The molecule has 1 aromatic heterocycles. The van der Waals surface area contributed by atoms with Gasteiger partial charge in [-0.05, 0) is 35.1 Å². The van der Waals surface area contributed by atoms with Crippen LogP contribution in [-0.2, 0) is 13.6 Å². The van der Waals surface area contributed by atoms with Crippen molar-refractivity contribution in [3.63, 3.8) is 0 Å². The van der Waals surface area contributed by atoms with Gasteiger partial charge in [-0.1, -0.05) is 81.4 Å². The minimum atomic E-state index is -2.57. The van der Waals surface area contributed by atoms with Crippen LogP contribution in [0.2, 0.25) is 24.7 Å². The molecule has 0 aliphatic carbocycles. The molecule has 0 N–H and O–H groups in total. The van der Waals surface area contributed by atoms with Crippen molar-refractivity contribution in [2.75, 3.05) is 6.61 Å². The van der Waals surface area contributed by atoms with Crippen LogP contribution in [0.5, 0.6) is 0 Å². The molecule has 1 aliphatic heterocycles. The largest absolute Gasteiger partial charge is 0.405 e. The van der Waals surface area contributed by atoms with E-state index in [9.17, 15) is 0 Å². The summed E-state index contributed by atoms with van der Waals surface area (Å²) >= 11 is 1.64. The minimum absolute atomic E-state index is 0.0110. The van der Waals surface area contributed by atoms with E-state index in [1.807, 2.05) is 11.6 Å². The molecule has 0 spiro atoms. The van der Waals surface area contributed by atoms with Gasteiger partial charge in [0.15, 0.2) is 8.32 Å². The molecular formula is C26H35NO3SSi2. The van der Waals surface area contributed by atoms with Gasteiger partial charge in [0.2, 0.25) is 0 Å². The fraction of sp³-hybridized carbons (Fsp3) is 0.423. The molecule has 2 heterocycles. The van der Waals surface area contributed by atoms with Gasteiger partial charge < -0.3 is 13.6 Å². The van der Waals surface area contributed by atoms with Crippen molar-refractivity contribution in [2.24, 2.45) is 0 Å². The predicted octanol–water partition coefficient (Wildman–Crippen LogP) is 5.38. The lowest BCUT2D eigenvalue weighted by Crippen LogP contribution is -2.66. The quantitative estimate of drug-likeness (QED) is 0.294. The van der Waals surface area contributed by atoms with Crippen molar-refractivity contribution in [1.82, 2.24) is 4.98 Å². The first-order valence-corrected chi connectivity index (χ1v) is 17.8. The molecule has 7 heteroatoms. The van der Waals surface area contributed by atoms with Crippen molar-refractivity contribution in [2.45, 2.75) is 63.8 Å². The molecular weight excluding hydrogens is 463 g/mol. The first-order valence-electron chi connectivity index (χ1n) is 11.6. The number of benzene rings is 2. The lowest BCUT2D eigenvalue weighted by molar-refractivity contribution is 0.153. The lowest BCUT2D eigenvalue weighted by atomic mass is 10.2. The average molecular weight is 498 g/mol. The van der Waals surface area contributed by atoms with E-state index in [4.69, 9.17) is 13.6 Å². The highest BCUT2D eigenvalue weighted by atomic mass is 32.1. The van der Waals surface area contributed by atoms with Gasteiger partial charge in [-0.3, -0.25) is 0 Å². The van der Waals surface area contributed by atoms with Crippen molar-refractivity contribution in [3.8, 4) is 0 Å². The van der Waals surface area contributed by atoms with Gasteiger partial charge in [-0.15, -0.1) is 11.3 Å². The highest BCUT2D eigenvalue weighted by Crippen LogP contribution is 2.42. The second-order valence-corrected chi connectivity index (χ2v) is 20.3. The van der Waals surface area contributed by atoms with Crippen LogP contribution >= 0.6 is 11.3 Å². The number of hydrogen-bond acceptors (Lipinski definition) is 5. The molecule has 0 radical (unpaired) electrons. The topological polar surface area (TPSA) is 43.9 Å². The van der Waals surface area contributed by atoms with Crippen LogP contribution in [0.25, 0.3) is 0 Å². The number of hydrogen-bond donors (Lipinski definition) is 0. The number of aromatic nitrogens is 1. The molecule has 1 fully saturated rings. The van der Waals surface area contributed by atoms with E-state index in [-0.39, 0.29) is 23.4 Å². The molecule has 3 aromatic rings. The summed E-state index contributed by atoms with van der Waals surface area (Å²) in [5, 5.41) is 5.53. The average Bonchev–Trinajstić information content (AvgIpc) is 3.32. The van der Waals surface area contributed by atoms with Gasteiger partial charge in [-0.2, -0.15) is 0 Å². The Hall–Kier alpha value is -1.62. The van der Waals surface area contributed by atoms with Gasteiger partial charge in [0.25, 0.3) is 8.32 Å². The van der Waals surface area contributed by atoms with Crippen molar-refractivity contribution < 1.29 is 13.6 Å². The second kappa shape index (κ2) is 9.56. The maximum atomic E-state index is 7.07. The smallest absolute Gasteiger partial charge is 0.261 e. The maximum Gasteiger partial charge on any atom is 0.261 e. The Morgan fingerprint density at radius 1 is 0.970 bits per heavy atom. The van der Waals surface area contributed by atoms with Crippen molar-refractivity contribution in [1.29, 1.82) is 0 Å².